The van der Waals surface area contributed by atoms with Gasteiger partial charge in [-0.1, -0.05) is 72.8 Å². The Labute approximate surface area is 142 Å². The summed E-state index contributed by atoms with van der Waals surface area (Å²) in [5, 5.41) is 0. The van der Waals surface area contributed by atoms with Gasteiger partial charge in [-0.25, -0.2) is 4.98 Å². The summed E-state index contributed by atoms with van der Waals surface area (Å²) in [5.41, 5.74) is 5.61. The van der Waals surface area contributed by atoms with Crippen molar-refractivity contribution in [1.29, 1.82) is 0 Å². The van der Waals surface area contributed by atoms with E-state index in [4.69, 9.17) is 4.74 Å². The second-order valence-corrected chi connectivity index (χ2v) is 5.38. The average Bonchev–Trinajstić information content (AvgIpc) is 3.16. The van der Waals surface area contributed by atoms with Crippen molar-refractivity contribution in [2.24, 2.45) is 0 Å². The van der Waals surface area contributed by atoms with Crippen LogP contribution in [0.25, 0.3) is 6.08 Å². The highest BCUT2D eigenvalue weighted by molar-refractivity contribution is 5.48. The summed E-state index contributed by atoms with van der Waals surface area (Å²) in [5.74, 6) is 0. The van der Waals surface area contributed by atoms with Crippen LogP contribution >= 0.6 is 0 Å². The van der Waals surface area contributed by atoms with E-state index in [0.717, 1.165) is 5.56 Å². The fraction of sp³-hybridized carbons (Fsp3) is 0.150. The van der Waals surface area contributed by atoms with Crippen molar-refractivity contribution >= 4 is 6.08 Å². The predicted octanol–water partition coefficient (Wildman–Crippen LogP) is 3.90. The van der Waals surface area contributed by atoms with Gasteiger partial charge in [-0.3, -0.25) is 4.68 Å². The zero-order valence-electron chi connectivity index (χ0n) is 13.5. The van der Waals surface area contributed by atoms with E-state index in [0.29, 0.717) is 13.2 Å². The zero-order valence-corrected chi connectivity index (χ0v) is 13.5. The first-order chi connectivity index (χ1) is 11.9. The number of rotatable bonds is 8. The molecule has 24 heavy (non-hydrogen) atoms. The quantitative estimate of drug-likeness (QED) is 0.684. The molecule has 0 aliphatic carbocycles. The predicted molar refractivity (Wildman–Crippen MR) is 97.1 cm³/mol. The molecule has 122 valence electrons. The lowest BCUT2D eigenvalue weighted by atomic mass is 10.1. The van der Waals surface area contributed by atoms with Crippen LogP contribution in [0.2, 0.25) is 0 Å². The molecular formula is C20H21N3O. The van der Waals surface area contributed by atoms with Gasteiger partial charge in [0.2, 0.25) is 0 Å². The van der Waals surface area contributed by atoms with Crippen LogP contribution < -0.4 is 5.43 Å². The van der Waals surface area contributed by atoms with Gasteiger partial charge in [0, 0.05) is 12.4 Å². The third-order valence-electron chi connectivity index (χ3n) is 3.64. The number of hydrogen-bond donors (Lipinski definition) is 1. The van der Waals surface area contributed by atoms with Gasteiger partial charge in [-0.15, -0.1) is 0 Å². The SMILES string of the molecule is C(=Cc1ccccc1)COC(CNn1ccnc1)c1ccccc1. The van der Waals surface area contributed by atoms with Gasteiger partial charge in [0.25, 0.3) is 0 Å². The van der Waals surface area contributed by atoms with Crippen LogP contribution in [-0.2, 0) is 4.74 Å². The molecule has 3 aromatic rings. The van der Waals surface area contributed by atoms with Gasteiger partial charge in [0.05, 0.1) is 13.2 Å². The van der Waals surface area contributed by atoms with Gasteiger partial charge >= 0.3 is 0 Å². The maximum Gasteiger partial charge on any atom is 0.114 e. The Balaban J connectivity index is 1.58. The lowest BCUT2D eigenvalue weighted by Gasteiger charge is -2.19. The van der Waals surface area contributed by atoms with Crippen molar-refractivity contribution < 1.29 is 4.74 Å². The highest BCUT2D eigenvalue weighted by Gasteiger charge is 2.10. The number of imidazole rings is 1. The summed E-state index contributed by atoms with van der Waals surface area (Å²) in [7, 11) is 0. The van der Waals surface area contributed by atoms with E-state index in [9.17, 15) is 0 Å². The molecule has 0 bridgehead atoms. The summed E-state index contributed by atoms with van der Waals surface area (Å²) >= 11 is 0. The molecule has 1 aromatic heterocycles. The number of hydrogen-bond acceptors (Lipinski definition) is 3. The van der Waals surface area contributed by atoms with Gasteiger partial charge in [0.15, 0.2) is 0 Å². The fourth-order valence-electron chi connectivity index (χ4n) is 2.40. The molecule has 0 saturated carbocycles. The normalized spacial score (nSPS) is 12.3. The summed E-state index contributed by atoms with van der Waals surface area (Å²) in [6.07, 6.45) is 9.44. The fourth-order valence-corrected chi connectivity index (χ4v) is 2.40. The van der Waals surface area contributed by atoms with Gasteiger partial charge in [-0.05, 0) is 11.1 Å². The molecule has 1 heterocycles. The molecule has 1 N–H and O–H groups in total. The Bertz CT molecular complexity index is 724. The van der Waals surface area contributed by atoms with E-state index in [2.05, 4.69) is 40.8 Å². The standard InChI is InChI=1S/C20H21N3O/c1-3-8-18(9-4-1)10-7-15-24-20(19-11-5-2-6-12-19)16-22-23-14-13-21-17-23/h1-14,17,20,22H,15-16H2. The van der Waals surface area contributed by atoms with E-state index < -0.39 is 0 Å². The third-order valence-corrected chi connectivity index (χ3v) is 3.64. The van der Waals surface area contributed by atoms with Crippen LogP contribution in [0.15, 0.2) is 85.5 Å². The minimum Gasteiger partial charge on any atom is -0.368 e. The summed E-state index contributed by atoms with van der Waals surface area (Å²) in [6.45, 7) is 1.22. The molecule has 0 fully saturated rings. The topological polar surface area (TPSA) is 39.1 Å². The maximum atomic E-state index is 6.07. The minimum atomic E-state index is -0.0333. The number of nitrogens with one attached hydrogen (secondary N) is 1. The monoisotopic (exact) mass is 319 g/mol. The molecule has 1 unspecified atom stereocenters. The molecule has 0 radical (unpaired) electrons. The molecule has 0 aliphatic heterocycles. The van der Waals surface area contributed by atoms with Crippen LogP contribution in [0.4, 0.5) is 0 Å². The Morgan fingerprint density at radius 3 is 2.50 bits per heavy atom. The van der Waals surface area contributed by atoms with Crippen LogP contribution in [0.1, 0.15) is 17.2 Å². The second-order valence-electron chi connectivity index (χ2n) is 5.38. The zero-order chi connectivity index (χ0) is 16.5. The maximum absolute atomic E-state index is 6.07. The third kappa shape index (κ3) is 4.83. The number of ether oxygens (including phenoxy) is 1. The van der Waals surface area contributed by atoms with Crippen LogP contribution in [-0.4, -0.2) is 22.8 Å². The van der Waals surface area contributed by atoms with E-state index in [1.165, 1.54) is 5.56 Å². The molecule has 1 atom stereocenters. The average molecular weight is 319 g/mol. The highest BCUT2D eigenvalue weighted by Crippen LogP contribution is 2.16. The van der Waals surface area contributed by atoms with Crippen molar-refractivity contribution in [2.75, 3.05) is 18.6 Å². The van der Waals surface area contributed by atoms with E-state index in [1.54, 1.807) is 12.5 Å². The lowest BCUT2D eigenvalue weighted by molar-refractivity contribution is 0.0822. The van der Waals surface area contributed by atoms with Crippen LogP contribution in [0.3, 0.4) is 0 Å². The summed E-state index contributed by atoms with van der Waals surface area (Å²) in [4.78, 5) is 4.03. The number of nitrogens with zero attached hydrogens (tertiary/aromatic N) is 2. The Kier molecular flexibility index (Phi) is 5.81. The van der Waals surface area contributed by atoms with Gasteiger partial charge < -0.3 is 10.2 Å². The number of benzene rings is 2. The smallest absolute Gasteiger partial charge is 0.114 e. The van der Waals surface area contributed by atoms with Crippen molar-refractivity contribution in [3.05, 3.63) is 96.6 Å². The van der Waals surface area contributed by atoms with Crippen LogP contribution in [0.5, 0.6) is 0 Å². The first kappa shape index (κ1) is 16.0. The Hall–Kier alpha value is -2.85. The first-order valence-electron chi connectivity index (χ1n) is 8.02. The largest absolute Gasteiger partial charge is 0.368 e. The summed E-state index contributed by atoms with van der Waals surface area (Å²) < 4.78 is 7.90. The van der Waals surface area contributed by atoms with E-state index in [-0.39, 0.29) is 6.10 Å². The molecule has 0 amide bonds. The molecule has 3 rings (SSSR count). The Morgan fingerprint density at radius 2 is 1.79 bits per heavy atom. The van der Waals surface area contributed by atoms with E-state index >= 15 is 0 Å². The lowest BCUT2D eigenvalue weighted by Crippen LogP contribution is -2.22. The molecule has 4 heteroatoms. The van der Waals surface area contributed by atoms with E-state index in [1.807, 2.05) is 53.3 Å². The molecular weight excluding hydrogens is 298 g/mol. The molecule has 4 nitrogen and oxygen atoms in total. The highest BCUT2D eigenvalue weighted by atomic mass is 16.5. The molecule has 0 aliphatic rings. The first-order valence-corrected chi connectivity index (χ1v) is 8.02. The van der Waals surface area contributed by atoms with Crippen molar-refractivity contribution in [3.63, 3.8) is 0 Å². The molecule has 2 aromatic carbocycles. The summed E-state index contributed by atoms with van der Waals surface area (Å²) in [6, 6.07) is 20.5. The minimum absolute atomic E-state index is 0.0333. The Morgan fingerprint density at radius 1 is 1.04 bits per heavy atom. The number of aromatic nitrogens is 2. The van der Waals surface area contributed by atoms with Crippen molar-refractivity contribution in [3.8, 4) is 0 Å². The molecule has 0 saturated heterocycles. The second kappa shape index (κ2) is 8.70. The van der Waals surface area contributed by atoms with Gasteiger partial charge in [0.1, 0.15) is 12.4 Å². The molecule has 0 spiro atoms. The van der Waals surface area contributed by atoms with Crippen molar-refractivity contribution in [2.45, 2.75) is 6.10 Å². The van der Waals surface area contributed by atoms with Crippen LogP contribution in [0, 0.1) is 0 Å². The van der Waals surface area contributed by atoms with Gasteiger partial charge in [-0.2, -0.15) is 0 Å². The van der Waals surface area contributed by atoms with Crippen molar-refractivity contribution in [1.82, 2.24) is 9.66 Å².